The molecule has 1 unspecified atom stereocenters. The lowest BCUT2D eigenvalue weighted by Crippen LogP contribution is -2.04. The van der Waals surface area contributed by atoms with Crippen LogP contribution >= 0.6 is 0 Å². The molecule has 2 heterocycles. The number of aliphatic hydroxyl groups excluding tert-OH is 1. The van der Waals surface area contributed by atoms with E-state index in [1.165, 1.54) is 0 Å². The molecule has 0 aliphatic carbocycles. The largest absolute Gasteiger partial charge is 0.388 e. The Balaban J connectivity index is 1.96. The fourth-order valence-corrected chi connectivity index (χ4v) is 2.14. The van der Waals surface area contributed by atoms with Crippen LogP contribution in [0.25, 0.3) is 11.0 Å². The topological polar surface area (TPSA) is 58.9 Å². The summed E-state index contributed by atoms with van der Waals surface area (Å²) in [7, 11) is 0. The molecule has 0 saturated carbocycles. The number of pyridine rings is 1. The van der Waals surface area contributed by atoms with Crippen molar-refractivity contribution in [2.75, 3.05) is 0 Å². The Labute approximate surface area is 110 Å². The Morgan fingerprint density at radius 3 is 2.74 bits per heavy atom. The maximum atomic E-state index is 10.4. The van der Waals surface area contributed by atoms with E-state index in [1.807, 2.05) is 30.3 Å². The molecule has 3 aromatic rings. The molecule has 1 aromatic carbocycles. The van der Waals surface area contributed by atoms with Crippen molar-refractivity contribution in [1.29, 1.82) is 0 Å². The quantitative estimate of drug-likeness (QED) is 0.776. The third-order valence-electron chi connectivity index (χ3n) is 3.04. The SMILES string of the molecule is OC(Cc1cccnc1)c1cccc2nccnc12. The highest BCUT2D eigenvalue weighted by atomic mass is 16.3. The Kier molecular flexibility index (Phi) is 3.16. The Hall–Kier alpha value is -2.33. The molecule has 3 rings (SSSR count). The van der Waals surface area contributed by atoms with Crippen LogP contribution in [0.5, 0.6) is 0 Å². The van der Waals surface area contributed by atoms with Crippen LogP contribution in [0.2, 0.25) is 0 Å². The van der Waals surface area contributed by atoms with E-state index in [4.69, 9.17) is 0 Å². The van der Waals surface area contributed by atoms with Crippen molar-refractivity contribution in [2.45, 2.75) is 12.5 Å². The number of fused-ring (bicyclic) bond motifs is 1. The molecule has 0 saturated heterocycles. The predicted octanol–water partition coefficient (Wildman–Crippen LogP) is 2.30. The average molecular weight is 251 g/mol. The van der Waals surface area contributed by atoms with Crippen molar-refractivity contribution in [2.24, 2.45) is 0 Å². The van der Waals surface area contributed by atoms with Gasteiger partial charge >= 0.3 is 0 Å². The maximum Gasteiger partial charge on any atom is 0.0944 e. The zero-order chi connectivity index (χ0) is 13.1. The molecule has 0 spiro atoms. The van der Waals surface area contributed by atoms with E-state index >= 15 is 0 Å². The molecule has 0 bridgehead atoms. The summed E-state index contributed by atoms with van der Waals surface area (Å²) in [5.74, 6) is 0. The second kappa shape index (κ2) is 5.12. The molecule has 2 aromatic heterocycles. The Morgan fingerprint density at radius 2 is 1.89 bits per heavy atom. The molecule has 1 atom stereocenters. The zero-order valence-electron chi connectivity index (χ0n) is 10.3. The van der Waals surface area contributed by atoms with Crippen molar-refractivity contribution in [3.63, 3.8) is 0 Å². The third-order valence-corrected chi connectivity index (χ3v) is 3.04. The van der Waals surface area contributed by atoms with E-state index in [0.29, 0.717) is 6.42 Å². The van der Waals surface area contributed by atoms with Gasteiger partial charge in [-0.15, -0.1) is 0 Å². The number of hydrogen-bond acceptors (Lipinski definition) is 4. The van der Waals surface area contributed by atoms with E-state index in [2.05, 4.69) is 15.0 Å². The van der Waals surface area contributed by atoms with Gasteiger partial charge < -0.3 is 5.11 Å². The second-order valence-corrected chi connectivity index (χ2v) is 4.35. The monoisotopic (exact) mass is 251 g/mol. The maximum absolute atomic E-state index is 10.4. The molecule has 0 amide bonds. The van der Waals surface area contributed by atoms with Gasteiger partial charge in [-0.25, -0.2) is 0 Å². The molecule has 4 heteroatoms. The van der Waals surface area contributed by atoms with Crippen molar-refractivity contribution in [1.82, 2.24) is 15.0 Å². The van der Waals surface area contributed by atoms with Crippen LogP contribution in [0.3, 0.4) is 0 Å². The highest BCUT2D eigenvalue weighted by Gasteiger charge is 2.13. The van der Waals surface area contributed by atoms with Gasteiger partial charge in [-0.3, -0.25) is 15.0 Å². The van der Waals surface area contributed by atoms with Crippen molar-refractivity contribution in [3.05, 3.63) is 66.2 Å². The van der Waals surface area contributed by atoms with Gasteiger partial charge in [0.1, 0.15) is 0 Å². The summed E-state index contributed by atoms with van der Waals surface area (Å²) in [5, 5.41) is 10.4. The van der Waals surface area contributed by atoms with Crippen LogP contribution in [-0.2, 0) is 6.42 Å². The minimum atomic E-state index is -0.607. The van der Waals surface area contributed by atoms with Crippen LogP contribution in [0.4, 0.5) is 0 Å². The van der Waals surface area contributed by atoms with Gasteiger partial charge in [-0.05, 0) is 17.7 Å². The number of para-hydroxylation sites is 1. The van der Waals surface area contributed by atoms with Gasteiger partial charge in [0.05, 0.1) is 17.1 Å². The summed E-state index contributed by atoms with van der Waals surface area (Å²) in [6, 6.07) is 9.48. The van der Waals surface area contributed by atoms with Crippen LogP contribution in [-0.4, -0.2) is 20.1 Å². The summed E-state index contributed by atoms with van der Waals surface area (Å²) in [6.07, 6.45) is 6.69. The van der Waals surface area contributed by atoms with Crippen LogP contribution in [0, 0.1) is 0 Å². The van der Waals surface area contributed by atoms with E-state index in [1.54, 1.807) is 24.8 Å². The van der Waals surface area contributed by atoms with Gasteiger partial charge in [0.15, 0.2) is 0 Å². The Morgan fingerprint density at radius 1 is 1.00 bits per heavy atom. The lowest BCUT2D eigenvalue weighted by atomic mass is 10.0. The highest BCUT2D eigenvalue weighted by molar-refractivity contribution is 5.77. The lowest BCUT2D eigenvalue weighted by Gasteiger charge is -2.12. The molecule has 1 N–H and O–H groups in total. The first-order valence-electron chi connectivity index (χ1n) is 6.11. The molecule has 0 fully saturated rings. The van der Waals surface area contributed by atoms with Gasteiger partial charge in [-0.1, -0.05) is 18.2 Å². The minimum Gasteiger partial charge on any atom is -0.388 e. The van der Waals surface area contributed by atoms with Crippen LogP contribution in [0.15, 0.2) is 55.1 Å². The number of hydrogen-bond donors (Lipinski definition) is 1. The number of benzene rings is 1. The molecular formula is C15H13N3O. The summed E-state index contributed by atoms with van der Waals surface area (Å²) in [4.78, 5) is 12.6. The summed E-state index contributed by atoms with van der Waals surface area (Å²) >= 11 is 0. The highest BCUT2D eigenvalue weighted by Crippen LogP contribution is 2.23. The number of aromatic nitrogens is 3. The Bertz CT molecular complexity index is 680. The third kappa shape index (κ3) is 2.44. The molecular weight excluding hydrogens is 238 g/mol. The van der Waals surface area contributed by atoms with E-state index in [-0.39, 0.29) is 0 Å². The van der Waals surface area contributed by atoms with Crippen molar-refractivity contribution >= 4 is 11.0 Å². The lowest BCUT2D eigenvalue weighted by molar-refractivity contribution is 0.179. The molecule has 0 aliphatic rings. The summed E-state index contributed by atoms with van der Waals surface area (Å²) < 4.78 is 0. The molecule has 94 valence electrons. The van der Waals surface area contributed by atoms with Gasteiger partial charge in [-0.2, -0.15) is 0 Å². The molecule has 0 aliphatic heterocycles. The number of nitrogens with zero attached hydrogens (tertiary/aromatic N) is 3. The molecule has 0 radical (unpaired) electrons. The normalized spacial score (nSPS) is 12.5. The minimum absolute atomic E-state index is 0.517. The van der Waals surface area contributed by atoms with Crippen molar-refractivity contribution < 1.29 is 5.11 Å². The fourth-order valence-electron chi connectivity index (χ4n) is 2.14. The van der Waals surface area contributed by atoms with Crippen LogP contribution in [0.1, 0.15) is 17.2 Å². The fraction of sp³-hybridized carbons (Fsp3) is 0.133. The zero-order valence-corrected chi connectivity index (χ0v) is 10.3. The first kappa shape index (κ1) is 11.7. The summed E-state index contributed by atoms with van der Waals surface area (Å²) in [5.41, 5.74) is 3.34. The van der Waals surface area contributed by atoms with E-state index in [9.17, 15) is 5.11 Å². The van der Waals surface area contributed by atoms with Crippen molar-refractivity contribution in [3.8, 4) is 0 Å². The predicted molar refractivity (Wildman–Crippen MR) is 72.4 cm³/mol. The molecule has 4 nitrogen and oxygen atoms in total. The average Bonchev–Trinajstić information content (AvgIpc) is 2.47. The molecule has 19 heavy (non-hydrogen) atoms. The second-order valence-electron chi connectivity index (χ2n) is 4.35. The first-order valence-corrected chi connectivity index (χ1v) is 6.11. The number of rotatable bonds is 3. The van der Waals surface area contributed by atoms with E-state index in [0.717, 1.165) is 22.2 Å². The van der Waals surface area contributed by atoms with E-state index < -0.39 is 6.10 Å². The number of aliphatic hydroxyl groups is 1. The first-order chi connectivity index (χ1) is 9.34. The van der Waals surface area contributed by atoms with Gasteiger partial charge in [0.2, 0.25) is 0 Å². The standard InChI is InChI=1S/C15H13N3O/c19-14(9-11-3-2-6-16-10-11)12-4-1-5-13-15(12)18-8-7-17-13/h1-8,10,14,19H,9H2. The van der Waals surface area contributed by atoms with Gasteiger partial charge in [0, 0.05) is 36.8 Å². The smallest absolute Gasteiger partial charge is 0.0944 e. The summed E-state index contributed by atoms with van der Waals surface area (Å²) in [6.45, 7) is 0. The van der Waals surface area contributed by atoms with Crippen LogP contribution < -0.4 is 0 Å². The van der Waals surface area contributed by atoms with Gasteiger partial charge in [0.25, 0.3) is 0 Å².